The zero-order chi connectivity index (χ0) is 13.9. The summed E-state index contributed by atoms with van der Waals surface area (Å²) in [6.07, 6.45) is 4.03. The molecule has 0 atom stereocenters. The number of nitrogens with zero attached hydrogens (tertiary/aromatic N) is 3. The predicted octanol–water partition coefficient (Wildman–Crippen LogP) is 4.13. The number of rotatable bonds is 3. The molecule has 3 rings (SSSR count). The summed E-state index contributed by atoms with van der Waals surface area (Å²) in [5, 5.41) is 3.76. The number of hydrogen-bond acceptors (Lipinski definition) is 4. The molecule has 1 aliphatic rings. The van der Waals surface area contributed by atoms with Gasteiger partial charge in [0.25, 0.3) is 0 Å². The highest BCUT2D eigenvalue weighted by molar-refractivity contribution is 6.33. The number of hydrogen-bond donors (Lipinski definition) is 1. The van der Waals surface area contributed by atoms with E-state index in [2.05, 4.69) is 32.3 Å². The summed E-state index contributed by atoms with van der Waals surface area (Å²) in [7, 11) is 0. The summed E-state index contributed by atoms with van der Waals surface area (Å²) < 4.78 is 0. The van der Waals surface area contributed by atoms with E-state index in [0.29, 0.717) is 10.8 Å². The molecule has 104 valence electrons. The van der Waals surface area contributed by atoms with Gasteiger partial charge in [-0.1, -0.05) is 11.6 Å². The van der Waals surface area contributed by atoms with Crippen LogP contribution < -0.4 is 10.2 Å². The Kier molecular flexibility index (Phi) is 3.94. The molecule has 2 heterocycles. The average Bonchev–Trinajstić information content (AvgIpc) is 2.98. The molecule has 2 aromatic rings. The molecule has 4 nitrogen and oxygen atoms in total. The summed E-state index contributed by atoms with van der Waals surface area (Å²) in [5.74, 6) is 0.514. The van der Waals surface area contributed by atoms with Crippen LogP contribution in [0, 0.1) is 0 Å². The van der Waals surface area contributed by atoms with Gasteiger partial charge in [0.2, 0.25) is 5.28 Å². The lowest BCUT2D eigenvalue weighted by Crippen LogP contribution is -2.17. The fraction of sp³-hybridized carbons (Fsp3) is 0.286. The second kappa shape index (κ2) is 5.85. The Hall–Kier alpha value is -1.52. The summed E-state index contributed by atoms with van der Waals surface area (Å²) in [5.41, 5.74) is 2.17. The lowest BCUT2D eigenvalue weighted by molar-refractivity contribution is 0.949. The van der Waals surface area contributed by atoms with Gasteiger partial charge in [-0.15, -0.1) is 0 Å². The van der Waals surface area contributed by atoms with Gasteiger partial charge in [-0.05, 0) is 48.7 Å². The van der Waals surface area contributed by atoms with Gasteiger partial charge in [0.15, 0.2) is 5.82 Å². The van der Waals surface area contributed by atoms with Gasteiger partial charge in [-0.3, -0.25) is 0 Å². The maximum Gasteiger partial charge on any atom is 0.224 e. The molecule has 1 aliphatic heterocycles. The molecule has 0 aliphatic carbocycles. The van der Waals surface area contributed by atoms with Crippen LogP contribution in [0.3, 0.4) is 0 Å². The fourth-order valence-corrected chi connectivity index (χ4v) is 2.57. The van der Waals surface area contributed by atoms with E-state index in [-0.39, 0.29) is 5.28 Å². The van der Waals surface area contributed by atoms with Crippen LogP contribution >= 0.6 is 23.2 Å². The highest BCUT2D eigenvalue weighted by atomic mass is 35.5. The van der Waals surface area contributed by atoms with E-state index in [0.717, 1.165) is 18.8 Å². The number of aromatic nitrogens is 2. The maximum atomic E-state index is 6.03. The van der Waals surface area contributed by atoms with Crippen molar-refractivity contribution in [2.75, 3.05) is 23.3 Å². The number of anilines is 3. The highest BCUT2D eigenvalue weighted by Crippen LogP contribution is 2.26. The van der Waals surface area contributed by atoms with E-state index < -0.39 is 0 Å². The summed E-state index contributed by atoms with van der Waals surface area (Å²) in [6.45, 7) is 2.28. The van der Waals surface area contributed by atoms with Crippen LogP contribution in [0.5, 0.6) is 0 Å². The lowest BCUT2D eigenvalue weighted by Gasteiger charge is -2.18. The van der Waals surface area contributed by atoms with E-state index in [1.807, 2.05) is 12.1 Å². The second-order valence-electron chi connectivity index (χ2n) is 4.70. The fourth-order valence-electron chi connectivity index (χ4n) is 2.30. The van der Waals surface area contributed by atoms with E-state index in [1.165, 1.54) is 24.7 Å². The Morgan fingerprint density at radius 2 is 1.75 bits per heavy atom. The first-order valence-corrected chi connectivity index (χ1v) is 7.28. The molecular weight excluding hydrogens is 295 g/mol. The Morgan fingerprint density at radius 3 is 2.45 bits per heavy atom. The Bertz CT molecular complexity index is 595. The molecule has 1 N–H and O–H groups in total. The smallest absolute Gasteiger partial charge is 0.224 e. The standard InChI is InChI=1S/C14H14Cl2N4/c15-12-9-17-14(16)19-13(12)18-10-3-5-11(6-4-10)20-7-1-2-8-20/h3-6,9H,1-2,7-8H2,(H,17,18,19). The Morgan fingerprint density at radius 1 is 1.05 bits per heavy atom. The molecule has 6 heteroatoms. The molecule has 1 saturated heterocycles. The van der Waals surface area contributed by atoms with Crippen LogP contribution in [0.25, 0.3) is 0 Å². The van der Waals surface area contributed by atoms with Gasteiger partial charge in [-0.25, -0.2) is 4.98 Å². The molecule has 1 aromatic heterocycles. The van der Waals surface area contributed by atoms with Gasteiger partial charge < -0.3 is 10.2 Å². The molecule has 20 heavy (non-hydrogen) atoms. The van der Waals surface area contributed by atoms with Crippen molar-refractivity contribution in [1.82, 2.24) is 9.97 Å². The molecule has 0 unspecified atom stereocenters. The second-order valence-corrected chi connectivity index (χ2v) is 5.45. The molecule has 1 aromatic carbocycles. The van der Waals surface area contributed by atoms with Crippen LogP contribution in [-0.4, -0.2) is 23.1 Å². The first-order chi connectivity index (χ1) is 9.72. The van der Waals surface area contributed by atoms with E-state index in [9.17, 15) is 0 Å². The lowest BCUT2D eigenvalue weighted by atomic mass is 10.2. The van der Waals surface area contributed by atoms with E-state index >= 15 is 0 Å². The van der Waals surface area contributed by atoms with Crippen LogP contribution in [-0.2, 0) is 0 Å². The van der Waals surface area contributed by atoms with E-state index in [4.69, 9.17) is 23.2 Å². The number of halogens is 2. The highest BCUT2D eigenvalue weighted by Gasteiger charge is 2.12. The number of nitrogens with one attached hydrogen (secondary N) is 1. The predicted molar refractivity (Wildman–Crippen MR) is 83.2 cm³/mol. The third-order valence-corrected chi connectivity index (χ3v) is 3.77. The molecule has 1 fully saturated rings. The van der Waals surface area contributed by atoms with Crippen molar-refractivity contribution in [2.45, 2.75) is 12.8 Å². The van der Waals surface area contributed by atoms with Crippen molar-refractivity contribution < 1.29 is 0 Å². The van der Waals surface area contributed by atoms with Crippen LogP contribution in [0.1, 0.15) is 12.8 Å². The van der Waals surface area contributed by atoms with Gasteiger partial charge in [0.05, 0.1) is 6.20 Å². The van der Waals surface area contributed by atoms with Crippen molar-refractivity contribution >= 4 is 40.4 Å². The Labute approximate surface area is 127 Å². The zero-order valence-corrected chi connectivity index (χ0v) is 12.3. The van der Waals surface area contributed by atoms with Crippen molar-refractivity contribution in [3.05, 3.63) is 40.8 Å². The maximum absolute atomic E-state index is 6.03. The van der Waals surface area contributed by atoms with Crippen LogP contribution in [0.4, 0.5) is 17.2 Å². The largest absolute Gasteiger partial charge is 0.372 e. The first-order valence-electron chi connectivity index (χ1n) is 6.52. The van der Waals surface area contributed by atoms with Gasteiger partial charge in [-0.2, -0.15) is 4.98 Å². The van der Waals surface area contributed by atoms with Crippen LogP contribution in [0.2, 0.25) is 10.3 Å². The van der Waals surface area contributed by atoms with Gasteiger partial charge in [0, 0.05) is 24.5 Å². The topological polar surface area (TPSA) is 41.1 Å². The Balaban J connectivity index is 1.76. The summed E-state index contributed by atoms with van der Waals surface area (Å²) >= 11 is 11.8. The van der Waals surface area contributed by atoms with Crippen molar-refractivity contribution in [3.63, 3.8) is 0 Å². The molecule has 0 bridgehead atoms. The van der Waals surface area contributed by atoms with Crippen molar-refractivity contribution in [2.24, 2.45) is 0 Å². The first kappa shape index (κ1) is 13.5. The number of benzene rings is 1. The third-order valence-electron chi connectivity index (χ3n) is 3.32. The monoisotopic (exact) mass is 308 g/mol. The SMILES string of the molecule is Clc1ncc(Cl)c(Nc2ccc(N3CCCC3)cc2)n1. The molecular formula is C14H14Cl2N4. The van der Waals surface area contributed by atoms with E-state index in [1.54, 1.807) is 0 Å². The van der Waals surface area contributed by atoms with Gasteiger partial charge >= 0.3 is 0 Å². The minimum atomic E-state index is 0.172. The van der Waals surface area contributed by atoms with Crippen molar-refractivity contribution in [1.29, 1.82) is 0 Å². The minimum absolute atomic E-state index is 0.172. The minimum Gasteiger partial charge on any atom is -0.372 e. The molecule has 0 spiro atoms. The average molecular weight is 309 g/mol. The quantitative estimate of drug-likeness (QED) is 0.866. The molecule has 0 radical (unpaired) electrons. The third kappa shape index (κ3) is 2.97. The van der Waals surface area contributed by atoms with Crippen molar-refractivity contribution in [3.8, 4) is 0 Å². The summed E-state index contributed by atoms with van der Waals surface area (Å²) in [4.78, 5) is 10.3. The van der Waals surface area contributed by atoms with Gasteiger partial charge in [0.1, 0.15) is 5.02 Å². The zero-order valence-electron chi connectivity index (χ0n) is 10.8. The molecule has 0 saturated carbocycles. The normalized spacial score (nSPS) is 14.6. The molecule has 0 amide bonds. The summed E-state index contributed by atoms with van der Waals surface area (Å²) in [6, 6.07) is 8.23. The van der Waals surface area contributed by atoms with Crippen LogP contribution in [0.15, 0.2) is 30.5 Å².